The molecule has 2 heterocycles. The summed E-state index contributed by atoms with van der Waals surface area (Å²) in [5.74, 6) is 1.07. The lowest BCUT2D eigenvalue weighted by molar-refractivity contribution is 0.0685. The van der Waals surface area contributed by atoms with Crippen LogP contribution in [-0.2, 0) is 6.42 Å². The number of carbonyl (C=O) groups excluding carboxylic acids is 1. The Balaban J connectivity index is 1.72. The fourth-order valence-electron chi connectivity index (χ4n) is 3.71. The van der Waals surface area contributed by atoms with Crippen LogP contribution in [0.3, 0.4) is 0 Å². The van der Waals surface area contributed by atoms with Crippen molar-refractivity contribution in [3.8, 4) is 0 Å². The largest absolute Gasteiger partial charge is 0.385 e. The number of benzene rings is 1. The summed E-state index contributed by atoms with van der Waals surface area (Å²) in [5, 5.41) is 3.41. The molecule has 114 valence electrons. The Morgan fingerprint density at radius 2 is 2.14 bits per heavy atom. The molecule has 1 aromatic carbocycles. The van der Waals surface area contributed by atoms with E-state index in [2.05, 4.69) is 23.2 Å². The van der Waals surface area contributed by atoms with Gasteiger partial charge in [0.15, 0.2) is 0 Å². The second-order valence-corrected chi connectivity index (χ2v) is 6.39. The molecular formula is C18H26N2O. The zero-order valence-electron chi connectivity index (χ0n) is 13.0. The van der Waals surface area contributed by atoms with Crippen molar-refractivity contribution in [1.29, 1.82) is 0 Å². The van der Waals surface area contributed by atoms with Gasteiger partial charge in [-0.3, -0.25) is 4.79 Å². The van der Waals surface area contributed by atoms with E-state index in [-0.39, 0.29) is 5.91 Å². The standard InChI is InChI=1S/C18H26N2O/c1-2-5-14-9-12-20(13-10-14)18(21)16-6-3-8-17-15(16)7-4-11-19-17/h3,6,8,14,19H,2,4-5,7,9-13H2,1H3. The Labute approximate surface area is 127 Å². The average Bonchev–Trinajstić information content (AvgIpc) is 2.55. The molecule has 1 saturated heterocycles. The van der Waals surface area contributed by atoms with Crippen LogP contribution in [0.1, 0.15) is 54.9 Å². The first-order valence-electron chi connectivity index (χ1n) is 8.44. The predicted octanol–water partition coefficient (Wildman–Crippen LogP) is 3.70. The van der Waals surface area contributed by atoms with Gasteiger partial charge in [0.2, 0.25) is 0 Å². The first-order valence-corrected chi connectivity index (χ1v) is 8.44. The third kappa shape index (κ3) is 3.07. The van der Waals surface area contributed by atoms with E-state index in [1.54, 1.807) is 0 Å². The molecule has 2 aliphatic heterocycles. The van der Waals surface area contributed by atoms with Gasteiger partial charge in [-0.05, 0) is 49.3 Å². The minimum absolute atomic E-state index is 0.241. The molecule has 1 amide bonds. The maximum absolute atomic E-state index is 12.8. The maximum Gasteiger partial charge on any atom is 0.254 e. The van der Waals surface area contributed by atoms with Crippen LogP contribution >= 0.6 is 0 Å². The van der Waals surface area contributed by atoms with E-state index >= 15 is 0 Å². The number of hydrogen-bond acceptors (Lipinski definition) is 2. The maximum atomic E-state index is 12.8. The van der Waals surface area contributed by atoms with Crippen molar-refractivity contribution >= 4 is 11.6 Å². The van der Waals surface area contributed by atoms with E-state index in [1.165, 1.54) is 31.2 Å². The van der Waals surface area contributed by atoms with Gasteiger partial charge in [0.25, 0.3) is 5.91 Å². The second-order valence-electron chi connectivity index (χ2n) is 6.39. The topological polar surface area (TPSA) is 32.3 Å². The average molecular weight is 286 g/mol. The summed E-state index contributed by atoms with van der Waals surface area (Å²) in [4.78, 5) is 14.9. The zero-order chi connectivity index (χ0) is 14.7. The van der Waals surface area contributed by atoms with Gasteiger partial charge in [0.1, 0.15) is 0 Å². The summed E-state index contributed by atoms with van der Waals surface area (Å²) >= 11 is 0. The number of fused-ring (bicyclic) bond motifs is 1. The lowest BCUT2D eigenvalue weighted by Crippen LogP contribution is -2.39. The van der Waals surface area contributed by atoms with Crippen LogP contribution in [0.2, 0.25) is 0 Å². The molecule has 0 unspecified atom stereocenters. The van der Waals surface area contributed by atoms with Gasteiger partial charge in [0.05, 0.1) is 0 Å². The highest BCUT2D eigenvalue weighted by atomic mass is 16.2. The first-order chi connectivity index (χ1) is 10.3. The highest BCUT2D eigenvalue weighted by Crippen LogP contribution is 2.28. The van der Waals surface area contributed by atoms with Crippen LogP contribution in [0.25, 0.3) is 0 Å². The number of nitrogens with one attached hydrogen (secondary N) is 1. The van der Waals surface area contributed by atoms with Crippen molar-refractivity contribution < 1.29 is 4.79 Å². The SMILES string of the molecule is CCCC1CCN(C(=O)c2cccc3c2CCCN3)CC1. The number of piperidine rings is 1. The molecule has 3 rings (SSSR count). The Morgan fingerprint density at radius 3 is 2.90 bits per heavy atom. The predicted molar refractivity (Wildman–Crippen MR) is 86.8 cm³/mol. The Bertz CT molecular complexity index is 504. The Hall–Kier alpha value is -1.51. The summed E-state index contributed by atoms with van der Waals surface area (Å²) in [6, 6.07) is 6.11. The van der Waals surface area contributed by atoms with Gasteiger partial charge in [-0.1, -0.05) is 25.8 Å². The van der Waals surface area contributed by atoms with E-state index in [0.717, 1.165) is 49.6 Å². The summed E-state index contributed by atoms with van der Waals surface area (Å²) in [5.41, 5.74) is 3.31. The molecule has 0 atom stereocenters. The smallest absolute Gasteiger partial charge is 0.254 e. The summed E-state index contributed by atoms with van der Waals surface area (Å²) in [7, 11) is 0. The molecule has 0 aromatic heterocycles. The van der Waals surface area contributed by atoms with Crippen LogP contribution in [0, 0.1) is 5.92 Å². The third-order valence-corrected chi connectivity index (χ3v) is 4.92. The molecule has 0 spiro atoms. The van der Waals surface area contributed by atoms with Crippen molar-refractivity contribution in [2.75, 3.05) is 25.0 Å². The Morgan fingerprint density at radius 1 is 1.33 bits per heavy atom. The van der Waals surface area contributed by atoms with Gasteiger partial charge in [-0.25, -0.2) is 0 Å². The monoisotopic (exact) mass is 286 g/mol. The number of rotatable bonds is 3. The van der Waals surface area contributed by atoms with Crippen molar-refractivity contribution in [1.82, 2.24) is 4.90 Å². The molecular weight excluding hydrogens is 260 g/mol. The molecule has 2 aliphatic rings. The van der Waals surface area contributed by atoms with Crippen LogP contribution in [-0.4, -0.2) is 30.4 Å². The number of nitrogens with zero attached hydrogens (tertiary/aromatic N) is 1. The lowest BCUT2D eigenvalue weighted by atomic mass is 9.91. The van der Waals surface area contributed by atoms with E-state index < -0.39 is 0 Å². The number of hydrogen-bond donors (Lipinski definition) is 1. The second kappa shape index (κ2) is 6.50. The van der Waals surface area contributed by atoms with Crippen molar-refractivity contribution in [2.24, 2.45) is 5.92 Å². The Kier molecular flexibility index (Phi) is 4.47. The van der Waals surface area contributed by atoms with E-state index in [4.69, 9.17) is 0 Å². The highest BCUT2D eigenvalue weighted by Gasteiger charge is 2.25. The molecule has 1 fully saturated rings. The fourth-order valence-corrected chi connectivity index (χ4v) is 3.71. The summed E-state index contributed by atoms with van der Waals surface area (Å²) in [6.45, 7) is 5.13. The van der Waals surface area contributed by atoms with Gasteiger partial charge in [-0.2, -0.15) is 0 Å². The van der Waals surface area contributed by atoms with Crippen molar-refractivity contribution in [3.05, 3.63) is 29.3 Å². The summed E-state index contributed by atoms with van der Waals surface area (Å²) in [6.07, 6.45) is 7.06. The van der Waals surface area contributed by atoms with Crippen molar-refractivity contribution in [2.45, 2.75) is 45.4 Å². The number of amides is 1. The molecule has 21 heavy (non-hydrogen) atoms. The lowest BCUT2D eigenvalue weighted by Gasteiger charge is -2.33. The van der Waals surface area contributed by atoms with Crippen LogP contribution in [0.5, 0.6) is 0 Å². The van der Waals surface area contributed by atoms with Crippen molar-refractivity contribution in [3.63, 3.8) is 0 Å². The van der Waals surface area contributed by atoms with Crippen LogP contribution in [0.15, 0.2) is 18.2 Å². The quantitative estimate of drug-likeness (QED) is 0.919. The molecule has 1 N–H and O–H groups in total. The fraction of sp³-hybridized carbons (Fsp3) is 0.611. The summed E-state index contributed by atoms with van der Waals surface area (Å²) < 4.78 is 0. The van der Waals surface area contributed by atoms with Gasteiger partial charge in [-0.15, -0.1) is 0 Å². The highest BCUT2D eigenvalue weighted by molar-refractivity contribution is 5.97. The van der Waals surface area contributed by atoms with Crippen LogP contribution < -0.4 is 5.32 Å². The number of carbonyl (C=O) groups is 1. The normalized spacial score (nSPS) is 19.0. The minimum Gasteiger partial charge on any atom is -0.385 e. The molecule has 0 radical (unpaired) electrons. The molecule has 3 heteroatoms. The first kappa shape index (κ1) is 14.4. The third-order valence-electron chi connectivity index (χ3n) is 4.92. The molecule has 1 aromatic rings. The van der Waals surface area contributed by atoms with Crippen LogP contribution in [0.4, 0.5) is 5.69 Å². The van der Waals surface area contributed by atoms with Gasteiger partial charge >= 0.3 is 0 Å². The molecule has 0 saturated carbocycles. The van der Waals surface area contributed by atoms with Gasteiger partial charge in [0, 0.05) is 30.9 Å². The number of likely N-dealkylation sites (tertiary alicyclic amines) is 1. The van der Waals surface area contributed by atoms with Gasteiger partial charge < -0.3 is 10.2 Å². The van der Waals surface area contributed by atoms with E-state index in [1.807, 2.05) is 12.1 Å². The van der Waals surface area contributed by atoms with E-state index in [0.29, 0.717) is 0 Å². The number of anilines is 1. The minimum atomic E-state index is 0.241. The van der Waals surface area contributed by atoms with E-state index in [9.17, 15) is 4.79 Å². The molecule has 3 nitrogen and oxygen atoms in total. The molecule has 0 aliphatic carbocycles. The molecule has 0 bridgehead atoms. The zero-order valence-corrected chi connectivity index (χ0v) is 13.0.